The fraction of sp³-hybridized carbons (Fsp3) is 0.409. The van der Waals surface area contributed by atoms with Gasteiger partial charge >= 0.3 is 0 Å². The molecule has 1 saturated heterocycles. The number of benzene rings is 2. The summed E-state index contributed by atoms with van der Waals surface area (Å²) in [6.07, 6.45) is 5.55. The Kier molecular flexibility index (Phi) is 7.91. The molecule has 0 spiro atoms. The van der Waals surface area contributed by atoms with Gasteiger partial charge in [0.2, 0.25) is 20.0 Å². The molecular formula is C22H29N3O5S2. The molecule has 1 heterocycles. The molecule has 1 amide bonds. The lowest BCUT2D eigenvalue weighted by atomic mass is 10.1. The molecule has 0 unspecified atom stereocenters. The average Bonchev–Trinajstić information content (AvgIpc) is 3.04. The normalized spacial score (nSPS) is 15.7. The van der Waals surface area contributed by atoms with Crippen molar-refractivity contribution >= 4 is 31.6 Å². The molecule has 0 atom stereocenters. The minimum absolute atomic E-state index is 0.267. The summed E-state index contributed by atoms with van der Waals surface area (Å²) in [5, 5.41) is 2.81. The van der Waals surface area contributed by atoms with E-state index in [2.05, 4.69) is 10.0 Å². The Bertz CT molecular complexity index is 1120. The second-order valence-electron chi connectivity index (χ2n) is 7.92. The van der Waals surface area contributed by atoms with Crippen molar-refractivity contribution in [1.82, 2.24) is 9.62 Å². The Morgan fingerprint density at radius 3 is 2.03 bits per heavy atom. The van der Waals surface area contributed by atoms with Gasteiger partial charge in [0, 0.05) is 30.9 Å². The lowest BCUT2D eigenvalue weighted by Gasteiger charge is -2.20. The van der Waals surface area contributed by atoms with Gasteiger partial charge in [-0.2, -0.15) is 4.31 Å². The van der Waals surface area contributed by atoms with Crippen LogP contribution in [0.5, 0.6) is 0 Å². The van der Waals surface area contributed by atoms with Gasteiger partial charge in [0.05, 0.1) is 11.2 Å². The summed E-state index contributed by atoms with van der Waals surface area (Å²) in [5.74, 6) is -0.267. The predicted molar refractivity (Wildman–Crippen MR) is 125 cm³/mol. The third-order valence-electron chi connectivity index (χ3n) is 5.28. The maximum Gasteiger partial charge on any atom is 0.251 e. The molecule has 0 aliphatic carbocycles. The molecule has 174 valence electrons. The molecule has 0 bridgehead atoms. The summed E-state index contributed by atoms with van der Waals surface area (Å²) < 4.78 is 52.1. The third-order valence-corrected chi connectivity index (χ3v) is 7.80. The maximum atomic E-state index is 12.8. The zero-order valence-electron chi connectivity index (χ0n) is 18.1. The van der Waals surface area contributed by atoms with Crippen LogP contribution in [-0.4, -0.2) is 52.9 Å². The molecule has 8 nitrogen and oxygen atoms in total. The van der Waals surface area contributed by atoms with Crippen molar-refractivity contribution in [2.24, 2.45) is 0 Å². The van der Waals surface area contributed by atoms with Crippen LogP contribution in [0.15, 0.2) is 53.4 Å². The van der Waals surface area contributed by atoms with E-state index in [-0.39, 0.29) is 5.91 Å². The molecule has 1 fully saturated rings. The summed E-state index contributed by atoms with van der Waals surface area (Å²) in [5.41, 5.74) is 1.73. The van der Waals surface area contributed by atoms with Crippen LogP contribution in [0.1, 0.15) is 41.6 Å². The Labute approximate surface area is 190 Å². The number of rotatable bonds is 8. The number of sulfonamides is 2. The number of nitrogens with zero attached hydrogens (tertiary/aromatic N) is 1. The molecule has 32 heavy (non-hydrogen) atoms. The van der Waals surface area contributed by atoms with Crippen LogP contribution in [0.2, 0.25) is 0 Å². The van der Waals surface area contributed by atoms with E-state index in [1.807, 2.05) is 0 Å². The fourth-order valence-corrected chi connectivity index (χ4v) is 5.67. The zero-order valence-corrected chi connectivity index (χ0v) is 19.7. The number of hydrogen-bond acceptors (Lipinski definition) is 5. The molecule has 2 N–H and O–H groups in total. The first-order valence-electron chi connectivity index (χ1n) is 10.6. The van der Waals surface area contributed by atoms with Crippen molar-refractivity contribution in [3.8, 4) is 0 Å². The van der Waals surface area contributed by atoms with Crippen LogP contribution in [0.3, 0.4) is 0 Å². The highest BCUT2D eigenvalue weighted by Gasteiger charge is 2.24. The van der Waals surface area contributed by atoms with Crippen molar-refractivity contribution in [2.75, 3.05) is 30.6 Å². The Morgan fingerprint density at radius 1 is 0.875 bits per heavy atom. The van der Waals surface area contributed by atoms with Gasteiger partial charge in [-0.3, -0.25) is 9.52 Å². The van der Waals surface area contributed by atoms with Gasteiger partial charge in [-0.05, 0) is 61.2 Å². The number of carbonyl (C=O) groups excluding carboxylic acids is 1. The van der Waals surface area contributed by atoms with E-state index < -0.39 is 20.0 Å². The number of carbonyl (C=O) groups is 1. The topological polar surface area (TPSA) is 113 Å². The highest BCUT2D eigenvalue weighted by Crippen LogP contribution is 2.20. The van der Waals surface area contributed by atoms with E-state index >= 15 is 0 Å². The number of amides is 1. The summed E-state index contributed by atoms with van der Waals surface area (Å²) in [6.45, 7) is 1.53. The first kappa shape index (κ1) is 24.2. The molecule has 0 saturated carbocycles. The van der Waals surface area contributed by atoms with Gasteiger partial charge in [0.15, 0.2) is 0 Å². The van der Waals surface area contributed by atoms with Crippen molar-refractivity contribution in [3.05, 3.63) is 59.7 Å². The van der Waals surface area contributed by atoms with Gasteiger partial charge < -0.3 is 5.32 Å². The van der Waals surface area contributed by atoms with Crippen LogP contribution >= 0.6 is 0 Å². The molecule has 10 heteroatoms. The minimum atomic E-state index is -3.47. The maximum absolute atomic E-state index is 12.8. The van der Waals surface area contributed by atoms with Crippen LogP contribution < -0.4 is 10.0 Å². The van der Waals surface area contributed by atoms with Crippen molar-refractivity contribution in [3.63, 3.8) is 0 Å². The lowest BCUT2D eigenvalue weighted by Crippen LogP contribution is -2.31. The number of anilines is 1. The predicted octanol–water partition coefficient (Wildman–Crippen LogP) is 2.60. The van der Waals surface area contributed by atoms with Crippen molar-refractivity contribution in [2.45, 2.75) is 37.0 Å². The fourth-order valence-electron chi connectivity index (χ4n) is 3.59. The Balaban J connectivity index is 1.52. The number of nitrogens with one attached hydrogen (secondary N) is 2. The van der Waals surface area contributed by atoms with Gasteiger partial charge in [-0.15, -0.1) is 0 Å². The van der Waals surface area contributed by atoms with Gasteiger partial charge in [-0.25, -0.2) is 16.8 Å². The third kappa shape index (κ3) is 6.78. The minimum Gasteiger partial charge on any atom is -0.352 e. The molecule has 2 aromatic rings. The smallest absolute Gasteiger partial charge is 0.251 e. The summed E-state index contributed by atoms with van der Waals surface area (Å²) >= 11 is 0. The molecule has 1 aliphatic rings. The SMILES string of the molecule is CS(=O)(=O)Nc1ccc(C(=O)NCCc2ccc(S(=O)(=O)N3CCCCCC3)cc2)cc1. The number of hydrogen-bond donors (Lipinski definition) is 2. The Hall–Kier alpha value is -2.43. The van der Waals surface area contributed by atoms with Gasteiger partial charge in [0.1, 0.15) is 0 Å². The van der Waals surface area contributed by atoms with Crippen molar-refractivity contribution in [1.29, 1.82) is 0 Å². The molecule has 0 radical (unpaired) electrons. The molecule has 3 rings (SSSR count). The second-order valence-corrected chi connectivity index (χ2v) is 11.6. The molecule has 2 aromatic carbocycles. The Morgan fingerprint density at radius 2 is 1.47 bits per heavy atom. The summed E-state index contributed by atoms with van der Waals surface area (Å²) in [7, 11) is -6.83. The monoisotopic (exact) mass is 479 g/mol. The van der Waals surface area contributed by atoms with E-state index in [4.69, 9.17) is 0 Å². The molecular weight excluding hydrogens is 450 g/mol. The molecule has 0 aromatic heterocycles. The van der Waals surface area contributed by atoms with E-state index in [1.165, 1.54) is 12.1 Å². The highest BCUT2D eigenvalue weighted by atomic mass is 32.2. The van der Waals surface area contributed by atoms with Crippen LogP contribution in [-0.2, 0) is 26.5 Å². The first-order valence-corrected chi connectivity index (χ1v) is 13.9. The standard InChI is InChI=1S/C22H29N3O5S2/c1-31(27,28)24-20-10-8-19(9-11-20)22(26)23-15-14-18-6-12-21(13-7-18)32(29,30)25-16-4-2-3-5-17-25/h6-13,24H,2-5,14-17H2,1H3,(H,23,26). The highest BCUT2D eigenvalue weighted by molar-refractivity contribution is 7.92. The zero-order chi connectivity index (χ0) is 23.2. The van der Waals surface area contributed by atoms with Crippen LogP contribution in [0.25, 0.3) is 0 Å². The largest absolute Gasteiger partial charge is 0.352 e. The van der Waals surface area contributed by atoms with E-state index in [9.17, 15) is 21.6 Å². The van der Waals surface area contributed by atoms with E-state index in [0.717, 1.165) is 37.5 Å². The summed E-state index contributed by atoms with van der Waals surface area (Å²) in [4.78, 5) is 12.6. The average molecular weight is 480 g/mol. The van der Waals surface area contributed by atoms with Gasteiger partial charge in [-0.1, -0.05) is 25.0 Å². The van der Waals surface area contributed by atoms with Crippen LogP contribution in [0, 0.1) is 0 Å². The van der Waals surface area contributed by atoms with Gasteiger partial charge in [0.25, 0.3) is 5.91 Å². The molecule has 1 aliphatic heterocycles. The van der Waals surface area contributed by atoms with Crippen LogP contribution in [0.4, 0.5) is 5.69 Å². The first-order chi connectivity index (χ1) is 15.1. The van der Waals surface area contributed by atoms with E-state index in [1.54, 1.807) is 40.7 Å². The second kappa shape index (κ2) is 10.5. The summed E-state index contributed by atoms with van der Waals surface area (Å²) in [6, 6.07) is 13.0. The van der Waals surface area contributed by atoms with Crippen molar-refractivity contribution < 1.29 is 21.6 Å². The van der Waals surface area contributed by atoms with E-state index in [0.29, 0.717) is 42.2 Å². The quantitative estimate of drug-likeness (QED) is 0.604. The lowest BCUT2D eigenvalue weighted by molar-refractivity contribution is 0.0954.